The van der Waals surface area contributed by atoms with E-state index >= 15 is 0 Å². The van der Waals surface area contributed by atoms with Gasteiger partial charge in [-0.05, 0) is 25.1 Å². The summed E-state index contributed by atoms with van der Waals surface area (Å²) in [6.07, 6.45) is 0. The summed E-state index contributed by atoms with van der Waals surface area (Å²) in [4.78, 5) is 3.65. The van der Waals surface area contributed by atoms with E-state index in [2.05, 4.69) is 15.5 Å². The number of nitrogens with one attached hydrogen (secondary N) is 1. The molecule has 1 aromatic heterocycles. The van der Waals surface area contributed by atoms with Crippen LogP contribution in [-0.2, 0) is 16.6 Å². The van der Waals surface area contributed by atoms with E-state index in [1.165, 1.54) is 12.1 Å². The van der Waals surface area contributed by atoms with Crippen molar-refractivity contribution < 1.29 is 17.3 Å². The predicted octanol–water partition coefficient (Wildman–Crippen LogP) is 0.777. The van der Waals surface area contributed by atoms with Crippen molar-refractivity contribution in [3.05, 3.63) is 35.7 Å². The van der Waals surface area contributed by atoms with E-state index in [1.54, 1.807) is 6.92 Å². The van der Waals surface area contributed by atoms with E-state index < -0.39 is 15.8 Å². The van der Waals surface area contributed by atoms with Crippen molar-refractivity contribution in [2.75, 3.05) is 5.32 Å². The first-order valence-electron chi connectivity index (χ1n) is 5.21. The first kappa shape index (κ1) is 13.4. The lowest BCUT2D eigenvalue weighted by molar-refractivity contribution is 0.379. The van der Waals surface area contributed by atoms with Gasteiger partial charge in [0, 0.05) is 0 Å². The van der Waals surface area contributed by atoms with Crippen LogP contribution in [0.2, 0.25) is 0 Å². The van der Waals surface area contributed by atoms with Gasteiger partial charge >= 0.3 is 0 Å². The SMILES string of the molecule is Cc1noc(CNc2ccc(S(N)(=O)=O)cc2F)n1. The molecule has 1 heterocycles. The third kappa shape index (κ3) is 3.26. The van der Waals surface area contributed by atoms with E-state index in [-0.39, 0.29) is 17.1 Å². The molecule has 0 saturated carbocycles. The molecule has 1 aromatic carbocycles. The summed E-state index contributed by atoms with van der Waals surface area (Å²) in [6, 6.07) is 3.33. The molecule has 102 valence electrons. The number of benzene rings is 1. The molecular weight excluding hydrogens is 275 g/mol. The third-order valence-corrected chi connectivity index (χ3v) is 3.18. The van der Waals surface area contributed by atoms with E-state index in [0.29, 0.717) is 11.7 Å². The summed E-state index contributed by atoms with van der Waals surface area (Å²) < 4.78 is 40.6. The Balaban J connectivity index is 2.14. The standard InChI is InChI=1S/C10H11FN4O3S/c1-6-14-10(18-15-6)5-13-9-3-2-7(4-8(9)11)19(12,16)17/h2-4,13H,5H2,1H3,(H2,12,16,17). The molecule has 0 amide bonds. The second-order valence-electron chi connectivity index (χ2n) is 3.78. The lowest BCUT2D eigenvalue weighted by Crippen LogP contribution is -2.12. The largest absolute Gasteiger partial charge is 0.374 e. The maximum atomic E-state index is 13.6. The highest BCUT2D eigenvalue weighted by atomic mass is 32.2. The Kier molecular flexibility index (Phi) is 3.49. The minimum atomic E-state index is -3.91. The van der Waals surface area contributed by atoms with Crippen molar-refractivity contribution >= 4 is 15.7 Å². The molecule has 0 aliphatic carbocycles. The van der Waals surface area contributed by atoms with Gasteiger partial charge in [-0.25, -0.2) is 17.9 Å². The van der Waals surface area contributed by atoms with Crippen LogP contribution >= 0.6 is 0 Å². The monoisotopic (exact) mass is 286 g/mol. The summed E-state index contributed by atoms with van der Waals surface area (Å²) in [5.41, 5.74) is 0.114. The maximum absolute atomic E-state index is 13.6. The Morgan fingerprint density at radius 1 is 1.47 bits per heavy atom. The summed E-state index contributed by atoms with van der Waals surface area (Å²) in [5, 5.41) is 11.2. The second kappa shape index (κ2) is 4.94. The van der Waals surface area contributed by atoms with Crippen molar-refractivity contribution in [2.24, 2.45) is 5.14 Å². The minimum Gasteiger partial charge on any atom is -0.374 e. The van der Waals surface area contributed by atoms with Crippen molar-refractivity contribution in [3.63, 3.8) is 0 Å². The highest BCUT2D eigenvalue weighted by Crippen LogP contribution is 2.18. The van der Waals surface area contributed by atoms with Gasteiger partial charge in [0.1, 0.15) is 5.82 Å². The van der Waals surface area contributed by atoms with Gasteiger partial charge in [-0.3, -0.25) is 0 Å². The van der Waals surface area contributed by atoms with E-state index in [1.807, 2.05) is 0 Å². The van der Waals surface area contributed by atoms with Crippen molar-refractivity contribution in [2.45, 2.75) is 18.4 Å². The van der Waals surface area contributed by atoms with Gasteiger partial charge in [0.25, 0.3) is 0 Å². The molecule has 0 atom stereocenters. The quantitative estimate of drug-likeness (QED) is 0.859. The van der Waals surface area contributed by atoms with E-state index in [9.17, 15) is 12.8 Å². The summed E-state index contributed by atoms with van der Waals surface area (Å²) in [7, 11) is -3.91. The zero-order chi connectivity index (χ0) is 14.0. The number of aromatic nitrogens is 2. The average Bonchev–Trinajstić information content (AvgIpc) is 2.72. The normalized spacial score (nSPS) is 11.5. The fourth-order valence-corrected chi connectivity index (χ4v) is 1.92. The number of sulfonamides is 1. The lowest BCUT2D eigenvalue weighted by Gasteiger charge is -2.06. The zero-order valence-corrected chi connectivity index (χ0v) is 10.7. The molecule has 0 saturated heterocycles. The Morgan fingerprint density at radius 2 is 2.21 bits per heavy atom. The second-order valence-corrected chi connectivity index (χ2v) is 5.34. The van der Waals surface area contributed by atoms with Crippen LogP contribution in [-0.4, -0.2) is 18.6 Å². The average molecular weight is 286 g/mol. The van der Waals surface area contributed by atoms with Crippen LogP contribution in [0.1, 0.15) is 11.7 Å². The Bertz CT molecular complexity index is 699. The first-order chi connectivity index (χ1) is 8.86. The Labute approximate surface area is 108 Å². The molecule has 0 radical (unpaired) electrons. The highest BCUT2D eigenvalue weighted by Gasteiger charge is 2.12. The van der Waals surface area contributed by atoms with Gasteiger partial charge in [-0.15, -0.1) is 0 Å². The molecule has 0 aliphatic rings. The maximum Gasteiger partial charge on any atom is 0.245 e. The number of hydrogen-bond donors (Lipinski definition) is 2. The van der Waals surface area contributed by atoms with Gasteiger partial charge < -0.3 is 9.84 Å². The molecule has 7 nitrogen and oxygen atoms in total. The van der Waals surface area contributed by atoms with Crippen LogP contribution in [0.3, 0.4) is 0 Å². The number of nitrogens with two attached hydrogens (primary N) is 1. The molecule has 0 fully saturated rings. The van der Waals surface area contributed by atoms with Crippen molar-refractivity contribution in [3.8, 4) is 0 Å². The molecular formula is C10H11FN4O3S. The number of aryl methyl sites for hydroxylation is 1. The van der Waals surface area contributed by atoms with Crippen LogP contribution in [0.4, 0.5) is 10.1 Å². The molecule has 9 heteroatoms. The topological polar surface area (TPSA) is 111 Å². The fourth-order valence-electron chi connectivity index (χ4n) is 1.40. The molecule has 3 N–H and O–H groups in total. The number of nitrogens with zero attached hydrogens (tertiary/aromatic N) is 2. The molecule has 2 rings (SSSR count). The fraction of sp³-hybridized carbons (Fsp3) is 0.200. The van der Waals surface area contributed by atoms with Crippen molar-refractivity contribution in [1.29, 1.82) is 0 Å². The van der Waals surface area contributed by atoms with Crippen LogP contribution in [0.5, 0.6) is 0 Å². The van der Waals surface area contributed by atoms with Gasteiger partial charge in [0.2, 0.25) is 15.9 Å². The van der Waals surface area contributed by atoms with E-state index in [4.69, 9.17) is 9.66 Å². The highest BCUT2D eigenvalue weighted by molar-refractivity contribution is 7.89. The third-order valence-electron chi connectivity index (χ3n) is 2.27. The minimum absolute atomic E-state index is 0.114. The van der Waals surface area contributed by atoms with Crippen LogP contribution < -0.4 is 10.5 Å². The molecule has 0 aliphatic heterocycles. The number of primary sulfonamides is 1. The number of hydrogen-bond acceptors (Lipinski definition) is 6. The Hall–Kier alpha value is -2.00. The number of halogens is 1. The van der Waals surface area contributed by atoms with Gasteiger partial charge in [-0.1, -0.05) is 5.16 Å². The van der Waals surface area contributed by atoms with Crippen LogP contribution in [0.15, 0.2) is 27.6 Å². The van der Waals surface area contributed by atoms with Crippen LogP contribution in [0, 0.1) is 12.7 Å². The molecule has 2 aromatic rings. The molecule has 0 bridgehead atoms. The molecule has 19 heavy (non-hydrogen) atoms. The first-order valence-corrected chi connectivity index (χ1v) is 6.76. The van der Waals surface area contributed by atoms with Gasteiger partial charge in [0.05, 0.1) is 17.1 Å². The van der Waals surface area contributed by atoms with E-state index in [0.717, 1.165) is 6.07 Å². The summed E-state index contributed by atoms with van der Waals surface area (Å²) in [6.45, 7) is 1.79. The van der Waals surface area contributed by atoms with Gasteiger partial charge in [-0.2, -0.15) is 4.98 Å². The number of anilines is 1. The van der Waals surface area contributed by atoms with Gasteiger partial charge in [0.15, 0.2) is 5.82 Å². The molecule has 0 unspecified atom stereocenters. The summed E-state index contributed by atoms with van der Waals surface area (Å²) >= 11 is 0. The lowest BCUT2D eigenvalue weighted by atomic mass is 10.3. The number of rotatable bonds is 4. The smallest absolute Gasteiger partial charge is 0.245 e. The van der Waals surface area contributed by atoms with Crippen LogP contribution in [0.25, 0.3) is 0 Å². The Morgan fingerprint density at radius 3 is 2.74 bits per heavy atom. The summed E-state index contributed by atoms with van der Waals surface area (Å²) in [5.74, 6) is 0.0389. The molecule has 0 spiro atoms. The predicted molar refractivity (Wildman–Crippen MR) is 64.1 cm³/mol. The zero-order valence-electron chi connectivity index (χ0n) is 9.92. The van der Waals surface area contributed by atoms with Crippen molar-refractivity contribution in [1.82, 2.24) is 10.1 Å².